The fourth-order valence-electron chi connectivity index (χ4n) is 1.82. The molecule has 21 heavy (non-hydrogen) atoms. The molecule has 2 aromatic rings. The Bertz CT molecular complexity index is 627. The first-order valence-electron chi connectivity index (χ1n) is 6.64. The lowest BCUT2D eigenvalue weighted by Gasteiger charge is -2.09. The van der Waals surface area contributed by atoms with Crippen molar-refractivity contribution in [3.05, 3.63) is 52.6 Å². The number of rotatable bonds is 6. The van der Waals surface area contributed by atoms with Crippen LogP contribution in [0.2, 0.25) is 0 Å². The summed E-state index contributed by atoms with van der Waals surface area (Å²) in [5.74, 6) is 0.811. The quantitative estimate of drug-likeness (QED) is 0.480. The molecule has 0 aliphatic heterocycles. The number of nitrogen functional groups attached to an aromatic ring is 1. The summed E-state index contributed by atoms with van der Waals surface area (Å²) < 4.78 is 5.50. The van der Waals surface area contributed by atoms with Crippen LogP contribution in [0.1, 0.15) is 13.3 Å². The van der Waals surface area contributed by atoms with Gasteiger partial charge in [-0.25, -0.2) is 0 Å². The molecule has 0 bridgehead atoms. The van der Waals surface area contributed by atoms with Crippen molar-refractivity contribution in [1.29, 1.82) is 0 Å². The molecule has 3 N–H and O–H groups in total. The highest BCUT2D eigenvalue weighted by molar-refractivity contribution is 5.70. The molecule has 0 saturated carbocycles. The number of nitrogens with two attached hydrogens (primary N) is 1. The van der Waals surface area contributed by atoms with Crippen LogP contribution in [0, 0.1) is 10.1 Å². The molecule has 0 spiro atoms. The maximum Gasteiger partial charge on any atom is 0.292 e. The smallest absolute Gasteiger partial charge is 0.292 e. The molecule has 0 saturated heterocycles. The molecule has 0 unspecified atom stereocenters. The first kappa shape index (κ1) is 14.6. The van der Waals surface area contributed by atoms with Crippen LogP contribution < -0.4 is 15.8 Å². The Morgan fingerprint density at radius 2 is 1.86 bits per heavy atom. The summed E-state index contributed by atoms with van der Waals surface area (Å²) in [5.41, 5.74) is 7.24. The van der Waals surface area contributed by atoms with Gasteiger partial charge in [-0.1, -0.05) is 6.92 Å². The molecule has 0 atom stereocenters. The van der Waals surface area contributed by atoms with Crippen LogP contribution in [0.25, 0.3) is 0 Å². The first-order valence-corrected chi connectivity index (χ1v) is 6.64. The Morgan fingerprint density at radius 3 is 2.43 bits per heavy atom. The molecule has 2 aromatic carbocycles. The van der Waals surface area contributed by atoms with Gasteiger partial charge in [0.25, 0.3) is 5.69 Å². The largest absolute Gasteiger partial charge is 0.494 e. The molecule has 6 nitrogen and oxygen atoms in total. The number of benzene rings is 2. The second kappa shape index (κ2) is 6.60. The van der Waals surface area contributed by atoms with Gasteiger partial charge in [-0.05, 0) is 42.8 Å². The standard InChI is InChI=1S/C15H17N3O3/c1-2-9-21-13-6-3-11(4-7-13)17-12-5-8-15(18(19)20)14(16)10-12/h3-8,10,17H,2,9,16H2,1H3. The van der Waals surface area contributed by atoms with E-state index in [4.69, 9.17) is 10.5 Å². The van der Waals surface area contributed by atoms with Crippen molar-refractivity contribution in [2.75, 3.05) is 17.7 Å². The molecular weight excluding hydrogens is 270 g/mol. The third-order valence-corrected chi connectivity index (χ3v) is 2.84. The number of hydrogen-bond acceptors (Lipinski definition) is 5. The van der Waals surface area contributed by atoms with Crippen LogP contribution in [0.3, 0.4) is 0 Å². The summed E-state index contributed by atoms with van der Waals surface area (Å²) in [5, 5.41) is 13.8. The van der Waals surface area contributed by atoms with Crippen molar-refractivity contribution >= 4 is 22.7 Å². The van der Waals surface area contributed by atoms with Gasteiger partial charge in [-0.2, -0.15) is 0 Å². The fourth-order valence-corrected chi connectivity index (χ4v) is 1.82. The number of nitro groups is 1. The summed E-state index contributed by atoms with van der Waals surface area (Å²) in [4.78, 5) is 10.2. The second-order valence-electron chi connectivity index (χ2n) is 4.53. The van der Waals surface area contributed by atoms with Gasteiger partial charge in [0.15, 0.2) is 0 Å². The topological polar surface area (TPSA) is 90.4 Å². The van der Waals surface area contributed by atoms with E-state index in [9.17, 15) is 10.1 Å². The van der Waals surface area contributed by atoms with Crippen molar-refractivity contribution in [3.63, 3.8) is 0 Å². The molecule has 110 valence electrons. The lowest BCUT2D eigenvalue weighted by molar-refractivity contribution is -0.383. The van der Waals surface area contributed by atoms with Gasteiger partial charge in [0.2, 0.25) is 0 Å². The molecule has 0 radical (unpaired) electrons. The Kier molecular flexibility index (Phi) is 4.61. The van der Waals surface area contributed by atoms with E-state index in [1.165, 1.54) is 6.07 Å². The van der Waals surface area contributed by atoms with Gasteiger partial charge < -0.3 is 15.8 Å². The number of anilines is 3. The highest BCUT2D eigenvalue weighted by atomic mass is 16.6. The van der Waals surface area contributed by atoms with Crippen LogP contribution >= 0.6 is 0 Å². The minimum Gasteiger partial charge on any atom is -0.494 e. The Labute approximate surface area is 122 Å². The van der Waals surface area contributed by atoms with E-state index in [-0.39, 0.29) is 11.4 Å². The minimum atomic E-state index is -0.501. The van der Waals surface area contributed by atoms with Gasteiger partial charge in [0.1, 0.15) is 11.4 Å². The van der Waals surface area contributed by atoms with Crippen molar-refractivity contribution in [3.8, 4) is 5.75 Å². The zero-order chi connectivity index (χ0) is 15.2. The van der Waals surface area contributed by atoms with Crippen LogP contribution in [-0.4, -0.2) is 11.5 Å². The van der Waals surface area contributed by atoms with Gasteiger partial charge in [0, 0.05) is 17.4 Å². The number of nitro benzene ring substituents is 1. The number of ether oxygens (including phenoxy) is 1. The highest BCUT2D eigenvalue weighted by Gasteiger charge is 2.11. The summed E-state index contributed by atoms with van der Waals surface area (Å²) in [6, 6.07) is 12.0. The summed E-state index contributed by atoms with van der Waals surface area (Å²) in [6.45, 7) is 2.74. The fraction of sp³-hybridized carbons (Fsp3) is 0.200. The van der Waals surface area contributed by atoms with Gasteiger partial charge in [0.05, 0.1) is 11.5 Å². The Hall–Kier alpha value is -2.76. The predicted octanol–water partition coefficient (Wildman–Crippen LogP) is 3.71. The van der Waals surface area contributed by atoms with Gasteiger partial charge in [-0.15, -0.1) is 0 Å². The maximum atomic E-state index is 10.7. The number of hydrogen-bond donors (Lipinski definition) is 2. The van der Waals surface area contributed by atoms with Crippen molar-refractivity contribution in [2.24, 2.45) is 0 Å². The second-order valence-corrected chi connectivity index (χ2v) is 4.53. The van der Waals surface area contributed by atoms with Gasteiger partial charge >= 0.3 is 0 Å². The minimum absolute atomic E-state index is 0.0936. The van der Waals surface area contributed by atoms with E-state index >= 15 is 0 Å². The van der Waals surface area contributed by atoms with Crippen molar-refractivity contribution < 1.29 is 9.66 Å². The maximum absolute atomic E-state index is 10.7. The molecule has 0 amide bonds. The highest BCUT2D eigenvalue weighted by Crippen LogP contribution is 2.27. The van der Waals surface area contributed by atoms with E-state index in [2.05, 4.69) is 12.2 Å². The summed E-state index contributed by atoms with van der Waals surface area (Å²) in [7, 11) is 0. The van der Waals surface area contributed by atoms with Gasteiger partial charge in [-0.3, -0.25) is 10.1 Å². The van der Waals surface area contributed by atoms with E-state index in [0.717, 1.165) is 17.9 Å². The molecule has 6 heteroatoms. The van der Waals surface area contributed by atoms with E-state index in [1.54, 1.807) is 12.1 Å². The van der Waals surface area contributed by atoms with Crippen molar-refractivity contribution in [2.45, 2.75) is 13.3 Å². The number of nitrogens with one attached hydrogen (secondary N) is 1. The molecule has 0 fully saturated rings. The predicted molar refractivity (Wildman–Crippen MR) is 83.0 cm³/mol. The summed E-state index contributed by atoms with van der Waals surface area (Å²) >= 11 is 0. The Balaban J connectivity index is 2.07. The zero-order valence-corrected chi connectivity index (χ0v) is 11.7. The van der Waals surface area contributed by atoms with E-state index in [1.807, 2.05) is 24.3 Å². The monoisotopic (exact) mass is 287 g/mol. The molecular formula is C15H17N3O3. The first-order chi connectivity index (χ1) is 10.1. The molecule has 0 aliphatic rings. The average molecular weight is 287 g/mol. The van der Waals surface area contributed by atoms with Crippen LogP contribution in [0.15, 0.2) is 42.5 Å². The average Bonchev–Trinajstić information content (AvgIpc) is 2.46. The third-order valence-electron chi connectivity index (χ3n) is 2.84. The molecule has 0 heterocycles. The SMILES string of the molecule is CCCOc1ccc(Nc2ccc([N+](=O)[O-])c(N)c2)cc1. The van der Waals surface area contributed by atoms with E-state index < -0.39 is 4.92 Å². The van der Waals surface area contributed by atoms with E-state index in [0.29, 0.717) is 12.3 Å². The lowest BCUT2D eigenvalue weighted by Crippen LogP contribution is -1.98. The summed E-state index contributed by atoms with van der Waals surface area (Å²) in [6.07, 6.45) is 0.960. The third kappa shape index (κ3) is 3.85. The Morgan fingerprint density at radius 1 is 1.19 bits per heavy atom. The van der Waals surface area contributed by atoms with Crippen LogP contribution in [-0.2, 0) is 0 Å². The van der Waals surface area contributed by atoms with Crippen LogP contribution in [0.4, 0.5) is 22.7 Å². The van der Waals surface area contributed by atoms with Crippen molar-refractivity contribution in [1.82, 2.24) is 0 Å². The molecule has 0 aromatic heterocycles. The number of nitrogens with zero attached hydrogens (tertiary/aromatic N) is 1. The molecule has 0 aliphatic carbocycles. The van der Waals surface area contributed by atoms with Crippen LogP contribution in [0.5, 0.6) is 5.75 Å². The normalized spacial score (nSPS) is 10.1. The zero-order valence-electron chi connectivity index (χ0n) is 11.7. The molecule has 2 rings (SSSR count). The lowest BCUT2D eigenvalue weighted by atomic mass is 10.2.